The highest BCUT2D eigenvalue weighted by molar-refractivity contribution is 7.11. The molecule has 1 N–H and O–H groups in total. The van der Waals surface area contributed by atoms with Gasteiger partial charge < -0.3 is 5.11 Å². The molecule has 0 aliphatic carbocycles. The third-order valence-electron chi connectivity index (χ3n) is 2.11. The number of thiazole rings is 1. The molecule has 2 rings (SSSR count). The fourth-order valence-electron chi connectivity index (χ4n) is 1.36. The van der Waals surface area contributed by atoms with E-state index in [2.05, 4.69) is 4.98 Å². The summed E-state index contributed by atoms with van der Waals surface area (Å²) in [7, 11) is 0. The molecule has 0 aliphatic rings. The zero-order chi connectivity index (χ0) is 10.8. The molecule has 0 radical (unpaired) electrons. The number of aromatic nitrogens is 1. The van der Waals surface area contributed by atoms with Gasteiger partial charge in [0.1, 0.15) is 0 Å². The Bertz CT molecular complexity index is 505. The molecule has 0 spiro atoms. The summed E-state index contributed by atoms with van der Waals surface area (Å²) in [6, 6.07) is 7.79. The number of carboxylic acid groups (broad SMARTS) is 1. The minimum absolute atomic E-state index is 0.133. The van der Waals surface area contributed by atoms with Crippen LogP contribution in [-0.2, 0) is 0 Å². The standard InChI is InChI=1S/C11H9NO2S/c1-7-4-2-3-5-8(7)9-6-15-10(12-9)11(13)14/h2-6H,1H3,(H,13,14). The first kappa shape index (κ1) is 9.86. The van der Waals surface area contributed by atoms with E-state index in [0.717, 1.165) is 28.2 Å². The molecule has 0 saturated heterocycles. The Hall–Kier alpha value is -1.68. The highest BCUT2D eigenvalue weighted by Crippen LogP contribution is 2.24. The van der Waals surface area contributed by atoms with E-state index >= 15 is 0 Å². The number of carboxylic acids is 1. The molecule has 15 heavy (non-hydrogen) atoms. The largest absolute Gasteiger partial charge is 0.476 e. The molecule has 3 nitrogen and oxygen atoms in total. The van der Waals surface area contributed by atoms with E-state index in [-0.39, 0.29) is 5.01 Å². The minimum Gasteiger partial charge on any atom is -0.476 e. The van der Waals surface area contributed by atoms with Crippen molar-refractivity contribution in [1.29, 1.82) is 0 Å². The molecule has 4 heteroatoms. The summed E-state index contributed by atoms with van der Waals surface area (Å²) < 4.78 is 0. The first-order valence-corrected chi connectivity index (χ1v) is 5.31. The van der Waals surface area contributed by atoms with Crippen molar-refractivity contribution in [1.82, 2.24) is 4.98 Å². The summed E-state index contributed by atoms with van der Waals surface area (Å²) in [5, 5.41) is 10.7. The van der Waals surface area contributed by atoms with Gasteiger partial charge in [-0.15, -0.1) is 11.3 Å². The second-order valence-corrected chi connectivity index (χ2v) is 4.02. The highest BCUT2D eigenvalue weighted by atomic mass is 32.1. The summed E-state index contributed by atoms with van der Waals surface area (Å²) in [5.41, 5.74) is 2.82. The van der Waals surface area contributed by atoms with Gasteiger partial charge >= 0.3 is 5.97 Å². The first-order chi connectivity index (χ1) is 7.18. The van der Waals surface area contributed by atoms with Crippen LogP contribution in [0.1, 0.15) is 15.4 Å². The Morgan fingerprint density at radius 1 is 1.40 bits per heavy atom. The molecule has 0 amide bonds. The summed E-state index contributed by atoms with van der Waals surface area (Å²) in [6.45, 7) is 1.98. The maximum atomic E-state index is 10.7. The molecule has 1 aromatic heterocycles. The molecule has 1 heterocycles. The maximum absolute atomic E-state index is 10.7. The van der Waals surface area contributed by atoms with Crippen LogP contribution in [0.25, 0.3) is 11.3 Å². The molecule has 0 atom stereocenters. The van der Waals surface area contributed by atoms with Crippen LogP contribution in [-0.4, -0.2) is 16.1 Å². The molecule has 76 valence electrons. The average Bonchev–Trinajstić information content (AvgIpc) is 2.67. The van der Waals surface area contributed by atoms with Gasteiger partial charge in [0.2, 0.25) is 5.01 Å². The van der Waals surface area contributed by atoms with Crippen molar-refractivity contribution in [3.8, 4) is 11.3 Å². The molecule has 0 saturated carbocycles. The fraction of sp³-hybridized carbons (Fsp3) is 0.0909. The Morgan fingerprint density at radius 2 is 2.13 bits per heavy atom. The average molecular weight is 219 g/mol. The summed E-state index contributed by atoms with van der Waals surface area (Å²) in [6.07, 6.45) is 0. The number of hydrogen-bond acceptors (Lipinski definition) is 3. The predicted octanol–water partition coefficient (Wildman–Crippen LogP) is 2.82. The lowest BCUT2D eigenvalue weighted by atomic mass is 10.1. The van der Waals surface area contributed by atoms with E-state index in [9.17, 15) is 4.79 Å². The SMILES string of the molecule is Cc1ccccc1-c1csc(C(=O)O)n1. The van der Waals surface area contributed by atoms with E-state index in [0.29, 0.717) is 0 Å². The molecule has 0 unspecified atom stereocenters. The maximum Gasteiger partial charge on any atom is 0.365 e. The van der Waals surface area contributed by atoms with Gasteiger partial charge in [-0.05, 0) is 12.5 Å². The van der Waals surface area contributed by atoms with Crippen molar-refractivity contribution in [2.45, 2.75) is 6.92 Å². The van der Waals surface area contributed by atoms with Gasteiger partial charge in [0, 0.05) is 10.9 Å². The van der Waals surface area contributed by atoms with Crippen LogP contribution in [0.2, 0.25) is 0 Å². The van der Waals surface area contributed by atoms with E-state index in [4.69, 9.17) is 5.11 Å². The molecular weight excluding hydrogens is 210 g/mol. The van der Waals surface area contributed by atoms with Crippen molar-refractivity contribution in [3.63, 3.8) is 0 Å². The van der Waals surface area contributed by atoms with Gasteiger partial charge in [-0.3, -0.25) is 0 Å². The van der Waals surface area contributed by atoms with E-state index in [1.54, 1.807) is 5.38 Å². The molecular formula is C11H9NO2S. The van der Waals surface area contributed by atoms with Crippen LogP contribution in [0.5, 0.6) is 0 Å². The predicted molar refractivity (Wildman–Crippen MR) is 59.2 cm³/mol. The highest BCUT2D eigenvalue weighted by Gasteiger charge is 2.10. The van der Waals surface area contributed by atoms with E-state index in [1.165, 1.54) is 0 Å². The van der Waals surface area contributed by atoms with Crippen molar-refractivity contribution < 1.29 is 9.90 Å². The third kappa shape index (κ3) is 1.89. The number of benzene rings is 1. The zero-order valence-corrected chi connectivity index (χ0v) is 8.91. The summed E-state index contributed by atoms with van der Waals surface area (Å²) in [5.74, 6) is -0.972. The Labute approximate surface area is 91.0 Å². The molecule has 0 bridgehead atoms. The number of rotatable bonds is 2. The van der Waals surface area contributed by atoms with Crippen LogP contribution in [0.15, 0.2) is 29.6 Å². The van der Waals surface area contributed by atoms with Crippen LogP contribution in [0.4, 0.5) is 0 Å². The van der Waals surface area contributed by atoms with Gasteiger partial charge in [-0.25, -0.2) is 9.78 Å². The lowest BCUT2D eigenvalue weighted by molar-refractivity contribution is 0.0696. The molecule has 1 aromatic carbocycles. The van der Waals surface area contributed by atoms with Gasteiger partial charge in [-0.2, -0.15) is 0 Å². The Balaban J connectivity index is 2.46. The third-order valence-corrected chi connectivity index (χ3v) is 2.94. The van der Waals surface area contributed by atoms with Crippen LogP contribution < -0.4 is 0 Å². The second-order valence-electron chi connectivity index (χ2n) is 3.16. The number of aromatic carboxylic acids is 1. The monoisotopic (exact) mass is 219 g/mol. The number of hydrogen-bond donors (Lipinski definition) is 1. The summed E-state index contributed by atoms with van der Waals surface area (Å²) in [4.78, 5) is 14.7. The molecule has 0 fully saturated rings. The molecule has 2 aromatic rings. The normalized spacial score (nSPS) is 10.2. The zero-order valence-electron chi connectivity index (χ0n) is 8.10. The topological polar surface area (TPSA) is 50.2 Å². The fourth-order valence-corrected chi connectivity index (χ4v) is 2.01. The van der Waals surface area contributed by atoms with E-state index < -0.39 is 5.97 Å². The Morgan fingerprint density at radius 3 is 2.73 bits per heavy atom. The van der Waals surface area contributed by atoms with Gasteiger partial charge in [0.25, 0.3) is 0 Å². The van der Waals surface area contributed by atoms with Crippen molar-refractivity contribution in [3.05, 3.63) is 40.2 Å². The second kappa shape index (κ2) is 3.82. The van der Waals surface area contributed by atoms with Crippen LogP contribution in [0, 0.1) is 6.92 Å². The minimum atomic E-state index is -0.972. The van der Waals surface area contributed by atoms with Crippen molar-refractivity contribution >= 4 is 17.3 Å². The van der Waals surface area contributed by atoms with Crippen molar-refractivity contribution in [2.24, 2.45) is 0 Å². The van der Waals surface area contributed by atoms with Crippen LogP contribution in [0.3, 0.4) is 0 Å². The number of aryl methyl sites for hydroxylation is 1. The number of carbonyl (C=O) groups is 1. The quantitative estimate of drug-likeness (QED) is 0.844. The molecule has 0 aliphatic heterocycles. The summed E-state index contributed by atoms with van der Waals surface area (Å²) >= 11 is 1.15. The van der Waals surface area contributed by atoms with Crippen molar-refractivity contribution in [2.75, 3.05) is 0 Å². The lowest BCUT2D eigenvalue weighted by Crippen LogP contribution is -1.94. The first-order valence-electron chi connectivity index (χ1n) is 4.43. The van der Waals surface area contributed by atoms with E-state index in [1.807, 2.05) is 31.2 Å². The van der Waals surface area contributed by atoms with Crippen LogP contribution >= 0.6 is 11.3 Å². The smallest absolute Gasteiger partial charge is 0.365 e. The van der Waals surface area contributed by atoms with Gasteiger partial charge in [0.15, 0.2) is 0 Å². The lowest BCUT2D eigenvalue weighted by Gasteiger charge is -2.00. The van der Waals surface area contributed by atoms with Gasteiger partial charge in [-0.1, -0.05) is 24.3 Å². The van der Waals surface area contributed by atoms with Gasteiger partial charge in [0.05, 0.1) is 5.69 Å². The number of nitrogens with zero attached hydrogens (tertiary/aromatic N) is 1. The Kier molecular flexibility index (Phi) is 2.51.